The number of benzene rings is 2. The van der Waals surface area contributed by atoms with Crippen LogP contribution in [0.15, 0.2) is 54.0 Å². The minimum atomic E-state index is -0.347. The second-order valence-corrected chi connectivity index (χ2v) is 7.67. The van der Waals surface area contributed by atoms with E-state index in [2.05, 4.69) is 6.58 Å². The largest absolute Gasteiger partial charge is 0.493 e. The van der Waals surface area contributed by atoms with Gasteiger partial charge in [0.2, 0.25) is 0 Å². The molecule has 0 unspecified atom stereocenters. The van der Waals surface area contributed by atoms with Gasteiger partial charge >= 0.3 is 0 Å². The second kappa shape index (κ2) is 9.20. The summed E-state index contributed by atoms with van der Waals surface area (Å²) in [6.45, 7) is 3.90. The summed E-state index contributed by atoms with van der Waals surface area (Å²) in [5.74, 6) is 0.824. The van der Waals surface area contributed by atoms with Crippen LogP contribution in [0.2, 0.25) is 5.02 Å². The normalized spacial score (nSPS) is 15.1. The van der Waals surface area contributed by atoms with Crippen LogP contribution < -0.4 is 9.47 Å². The first kappa shape index (κ1) is 21.0. The number of amides is 2. The van der Waals surface area contributed by atoms with E-state index >= 15 is 0 Å². The highest BCUT2D eigenvalue weighted by Gasteiger charge is 2.35. The molecule has 1 fully saturated rings. The quantitative estimate of drug-likeness (QED) is 0.440. The molecular formula is C22H20ClNO4S. The molecule has 0 aromatic heterocycles. The number of halogens is 1. The number of nitrogens with zero attached hydrogens (tertiary/aromatic N) is 1. The maximum absolute atomic E-state index is 12.8. The fourth-order valence-corrected chi connectivity index (χ4v) is 4.08. The Morgan fingerprint density at radius 1 is 1.14 bits per heavy atom. The molecule has 0 N–H and O–H groups in total. The molecule has 2 aromatic rings. The number of imide groups is 1. The Hall–Kier alpha value is -2.70. The van der Waals surface area contributed by atoms with Crippen LogP contribution in [0.3, 0.4) is 0 Å². The first-order chi connectivity index (χ1) is 14.0. The topological polar surface area (TPSA) is 55.8 Å². The van der Waals surface area contributed by atoms with Gasteiger partial charge in [0.1, 0.15) is 0 Å². The van der Waals surface area contributed by atoms with Gasteiger partial charge in [0.25, 0.3) is 11.1 Å². The Morgan fingerprint density at radius 3 is 2.55 bits per heavy atom. The fourth-order valence-electron chi connectivity index (χ4n) is 3.04. The summed E-state index contributed by atoms with van der Waals surface area (Å²) in [5.41, 5.74) is 2.34. The van der Waals surface area contributed by atoms with E-state index in [1.54, 1.807) is 50.6 Å². The Labute approximate surface area is 178 Å². The first-order valence-electron chi connectivity index (χ1n) is 8.83. The number of methoxy groups -OCH3 is 2. The number of rotatable bonds is 7. The van der Waals surface area contributed by atoms with Gasteiger partial charge in [-0.2, -0.15) is 0 Å². The van der Waals surface area contributed by atoms with Crippen molar-refractivity contribution in [3.8, 4) is 11.5 Å². The van der Waals surface area contributed by atoms with Gasteiger partial charge in [-0.25, -0.2) is 0 Å². The van der Waals surface area contributed by atoms with Gasteiger partial charge in [0.05, 0.1) is 25.7 Å². The molecular weight excluding hydrogens is 410 g/mol. The lowest BCUT2D eigenvalue weighted by Crippen LogP contribution is -2.27. The number of allylic oxidation sites excluding steroid dienone is 1. The highest BCUT2D eigenvalue weighted by atomic mass is 35.5. The molecule has 0 radical (unpaired) electrons. The number of carbonyl (C=O) groups excluding carboxylic acids is 2. The van der Waals surface area contributed by atoms with Crippen LogP contribution in [0.25, 0.3) is 6.08 Å². The molecule has 0 spiro atoms. The van der Waals surface area contributed by atoms with E-state index in [1.165, 1.54) is 4.90 Å². The van der Waals surface area contributed by atoms with Crippen LogP contribution in [-0.4, -0.2) is 30.3 Å². The molecule has 2 aromatic carbocycles. The van der Waals surface area contributed by atoms with Crippen molar-refractivity contribution in [2.24, 2.45) is 0 Å². The summed E-state index contributed by atoms with van der Waals surface area (Å²) < 4.78 is 10.9. The molecule has 1 aliphatic rings. The van der Waals surface area contributed by atoms with E-state index in [0.717, 1.165) is 28.5 Å². The molecule has 0 saturated carbocycles. The predicted octanol–water partition coefficient (Wildman–Crippen LogP) is 5.32. The molecule has 1 aliphatic heterocycles. The van der Waals surface area contributed by atoms with Crippen molar-refractivity contribution in [1.82, 2.24) is 4.90 Å². The van der Waals surface area contributed by atoms with E-state index in [9.17, 15) is 9.59 Å². The SMILES string of the molecule is C=CCc1cc(/C=C2\SC(=O)N(Cc3ccccc3Cl)C2=O)cc(OC)c1OC. The zero-order valence-electron chi connectivity index (χ0n) is 16.1. The maximum Gasteiger partial charge on any atom is 0.293 e. The van der Waals surface area contributed by atoms with Crippen molar-refractivity contribution in [3.63, 3.8) is 0 Å². The molecule has 29 heavy (non-hydrogen) atoms. The first-order valence-corrected chi connectivity index (χ1v) is 10.0. The third kappa shape index (κ3) is 4.49. The lowest BCUT2D eigenvalue weighted by Gasteiger charge is -2.14. The van der Waals surface area contributed by atoms with Crippen LogP contribution in [0.5, 0.6) is 11.5 Å². The molecule has 0 bridgehead atoms. The summed E-state index contributed by atoms with van der Waals surface area (Å²) in [7, 11) is 3.13. The van der Waals surface area contributed by atoms with Crippen molar-refractivity contribution in [2.75, 3.05) is 14.2 Å². The monoisotopic (exact) mass is 429 g/mol. The van der Waals surface area contributed by atoms with E-state index in [-0.39, 0.29) is 17.7 Å². The van der Waals surface area contributed by atoms with Crippen LogP contribution >= 0.6 is 23.4 Å². The van der Waals surface area contributed by atoms with E-state index in [0.29, 0.717) is 27.8 Å². The zero-order valence-corrected chi connectivity index (χ0v) is 17.7. The van der Waals surface area contributed by atoms with Crippen molar-refractivity contribution in [2.45, 2.75) is 13.0 Å². The molecule has 7 heteroatoms. The van der Waals surface area contributed by atoms with Gasteiger partial charge in [-0.1, -0.05) is 35.9 Å². The second-order valence-electron chi connectivity index (χ2n) is 6.27. The van der Waals surface area contributed by atoms with Gasteiger partial charge in [-0.15, -0.1) is 6.58 Å². The summed E-state index contributed by atoms with van der Waals surface area (Å²) >= 11 is 7.08. The standard InChI is InChI=1S/C22H20ClNO4S/c1-4-7-15-10-14(11-18(27-2)20(15)28-3)12-19-21(25)24(22(26)29-19)13-16-8-5-6-9-17(16)23/h4-6,8-12H,1,7,13H2,2-3H3/b19-12-. The molecule has 0 aliphatic carbocycles. The van der Waals surface area contributed by atoms with E-state index in [4.69, 9.17) is 21.1 Å². The molecule has 2 amide bonds. The van der Waals surface area contributed by atoms with Crippen LogP contribution in [0, 0.1) is 0 Å². The summed E-state index contributed by atoms with van der Waals surface area (Å²) in [4.78, 5) is 26.8. The number of carbonyl (C=O) groups is 2. The highest BCUT2D eigenvalue weighted by molar-refractivity contribution is 8.18. The number of thioether (sulfide) groups is 1. The zero-order chi connectivity index (χ0) is 21.0. The Balaban J connectivity index is 1.92. The van der Waals surface area contributed by atoms with Gasteiger partial charge in [-0.05, 0) is 53.6 Å². The third-order valence-corrected chi connectivity index (χ3v) is 5.68. The molecule has 5 nitrogen and oxygen atoms in total. The van der Waals surface area contributed by atoms with Crippen molar-refractivity contribution in [1.29, 1.82) is 0 Å². The molecule has 1 saturated heterocycles. The van der Waals surface area contributed by atoms with Gasteiger partial charge < -0.3 is 9.47 Å². The van der Waals surface area contributed by atoms with Crippen LogP contribution in [0.4, 0.5) is 4.79 Å². The summed E-state index contributed by atoms with van der Waals surface area (Å²) in [6, 6.07) is 10.8. The van der Waals surface area contributed by atoms with Gasteiger partial charge in [-0.3, -0.25) is 14.5 Å². The molecule has 150 valence electrons. The number of hydrogen-bond acceptors (Lipinski definition) is 5. The van der Waals surface area contributed by atoms with Crippen molar-refractivity contribution >= 4 is 40.6 Å². The fraction of sp³-hybridized carbons (Fsp3) is 0.182. The summed E-state index contributed by atoms with van der Waals surface area (Å²) in [5, 5.41) is 0.192. The van der Waals surface area contributed by atoms with Crippen molar-refractivity contribution in [3.05, 3.63) is 75.7 Å². The molecule has 3 rings (SSSR count). The minimum Gasteiger partial charge on any atom is -0.493 e. The molecule has 0 atom stereocenters. The summed E-state index contributed by atoms with van der Waals surface area (Å²) in [6.07, 6.45) is 4.03. The smallest absolute Gasteiger partial charge is 0.293 e. The van der Waals surface area contributed by atoms with Gasteiger partial charge in [0, 0.05) is 10.6 Å². The van der Waals surface area contributed by atoms with E-state index < -0.39 is 0 Å². The van der Waals surface area contributed by atoms with Crippen LogP contribution in [-0.2, 0) is 17.8 Å². The van der Waals surface area contributed by atoms with Crippen molar-refractivity contribution < 1.29 is 19.1 Å². The molecule has 1 heterocycles. The Kier molecular flexibility index (Phi) is 6.67. The highest BCUT2D eigenvalue weighted by Crippen LogP contribution is 2.37. The lowest BCUT2D eigenvalue weighted by atomic mass is 10.0. The lowest BCUT2D eigenvalue weighted by molar-refractivity contribution is -0.123. The number of ether oxygens (including phenoxy) is 2. The Morgan fingerprint density at radius 2 is 1.90 bits per heavy atom. The van der Waals surface area contributed by atoms with Gasteiger partial charge in [0.15, 0.2) is 11.5 Å². The predicted molar refractivity (Wildman–Crippen MR) is 116 cm³/mol. The maximum atomic E-state index is 12.8. The van der Waals surface area contributed by atoms with Crippen LogP contribution in [0.1, 0.15) is 16.7 Å². The average molecular weight is 430 g/mol. The third-order valence-electron chi connectivity index (χ3n) is 4.40. The van der Waals surface area contributed by atoms with E-state index in [1.807, 2.05) is 12.1 Å². The minimum absolute atomic E-state index is 0.134. The number of hydrogen-bond donors (Lipinski definition) is 0. The average Bonchev–Trinajstić information content (AvgIpc) is 2.96. The Bertz CT molecular complexity index is 1000.